The first-order valence-electron chi connectivity index (χ1n) is 7.32. The van der Waals surface area contributed by atoms with E-state index in [9.17, 15) is 0 Å². The second kappa shape index (κ2) is 7.98. The average Bonchev–Trinajstić information content (AvgIpc) is 2.47. The van der Waals surface area contributed by atoms with E-state index in [1.54, 1.807) is 0 Å². The van der Waals surface area contributed by atoms with E-state index in [0.717, 1.165) is 47.9 Å². The van der Waals surface area contributed by atoms with Crippen LogP contribution < -0.4 is 10.6 Å². The van der Waals surface area contributed by atoms with Crippen molar-refractivity contribution in [3.05, 3.63) is 46.2 Å². The molecular weight excluding hydrogens is 328 g/mol. The maximum Gasteiger partial charge on any atom is 0.133 e. The third-order valence-electron chi connectivity index (χ3n) is 3.02. The molecule has 5 heteroatoms. The van der Waals surface area contributed by atoms with Crippen molar-refractivity contribution in [1.82, 2.24) is 9.97 Å². The first-order valence-corrected chi connectivity index (χ1v) is 8.11. The fourth-order valence-electron chi connectivity index (χ4n) is 2.02. The van der Waals surface area contributed by atoms with Gasteiger partial charge in [-0.2, -0.15) is 0 Å². The summed E-state index contributed by atoms with van der Waals surface area (Å²) in [5.41, 5.74) is 1.21. The number of benzene rings is 1. The van der Waals surface area contributed by atoms with E-state index in [0.29, 0.717) is 0 Å². The number of halogens is 1. The van der Waals surface area contributed by atoms with Gasteiger partial charge in [0.05, 0.1) is 0 Å². The normalized spacial score (nSPS) is 10.4. The molecule has 0 saturated heterocycles. The first kappa shape index (κ1) is 15.8. The highest BCUT2D eigenvalue weighted by Crippen LogP contribution is 2.18. The summed E-state index contributed by atoms with van der Waals surface area (Å²) in [6.45, 7) is 5.79. The van der Waals surface area contributed by atoms with Gasteiger partial charge in [0.25, 0.3) is 0 Å². The van der Waals surface area contributed by atoms with E-state index >= 15 is 0 Å². The molecule has 2 N–H and O–H groups in total. The van der Waals surface area contributed by atoms with Crippen LogP contribution in [0.5, 0.6) is 0 Å². The van der Waals surface area contributed by atoms with Gasteiger partial charge in [-0.1, -0.05) is 41.1 Å². The number of hydrogen-bond acceptors (Lipinski definition) is 4. The quantitative estimate of drug-likeness (QED) is 0.785. The van der Waals surface area contributed by atoms with Crippen molar-refractivity contribution in [2.75, 3.05) is 17.2 Å². The second-order valence-electron chi connectivity index (χ2n) is 4.78. The predicted octanol–water partition coefficient (Wildman–Crippen LogP) is 4.24. The summed E-state index contributed by atoms with van der Waals surface area (Å²) >= 11 is 3.56. The molecule has 0 unspecified atom stereocenters. The number of anilines is 2. The minimum absolute atomic E-state index is 0.732. The molecule has 0 fully saturated rings. The lowest BCUT2D eigenvalue weighted by Crippen LogP contribution is -2.08. The minimum atomic E-state index is 0.732. The van der Waals surface area contributed by atoms with Gasteiger partial charge in [-0.15, -0.1) is 0 Å². The number of aryl methyl sites for hydroxylation is 1. The van der Waals surface area contributed by atoms with Crippen molar-refractivity contribution >= 4 is 27.6 Å². The summed E-state index contributed by atoms with van der Waals surface area (Å²) in [5.74, 6) is 2.62. The van der Waals surface area contributed by atoms with E-state index in [1.165, 1.54) is 5.56 Å². The summed E-state index contributed by atoms with van der Waals surface area (Å²) < 4.78 is 1.10. The van der Waals surface area contributed by atoms with Crippen molar-refractivity contribution in [2.24, 2.45) is 0 Å². The lowest BCUT2D eigenvalue weighted by atomic mass is 10.2. The topological polar surface area (TPSA) is 49.8 Å². The molecule has 112 valence electrons. The Bertz CT molecular complexity index is 562. The van der Waals surface area contributed by atoms with E-state index in [-0.39, 0.29) is 0 Å². The summed E-state index contributed by atoms with van der Waals surface area (Å²) in [5, 5.41) is 6.63. The molecule has 1 heterocycles. The third-order valence-corrected chi connectivity index (χ3v) is 3.80. The molecule has 2 rings (SSSR count). The van der Waals surface area contributed by atoms with Gasteiger partial charge < -0.3 is 10.6 Å². The molecule has 0 spiro atoms. The number of rotatable bonds is 7. The predicted molar refractivity (Wildman–Crippen MR) is 91.7 cm³/mol. The number of aromatic nitrogens is 2. The summed E-state index contributed by atoms with van der Waals surface area (Å²) in [6.07, 6.45) is 1.93. The van der Waals surface area contributed by atoms with Crippen molar-refractivity contribution in [2.45, 2.75) is 33.2 Å². The number of nitrogens with one attached hydrogen (secondary N) is 2. The zero-order valence-electron chi connectivity index (χ0n) is 12.5. The maximum absolute atomic E-state index is 4.57. The largest absolute Gasteiger partial charge is 0.370 e. The van der Waals surface area contributed by atoms with Crippen LogP contribution in [-0.4, -0.2) is 16.5 Å². The molecule has 0 amide bonds. The van der Waals surface area contributed by atoms with Gasteiger partial charge in [0.1, 0.15) is 17.5 Å². The molecule has 1 aromatic heterocycles. The Balaban J connectivity index is 2.13. The molecule has 2 aromatic rings. The van der Waals surface area contributed by atoms with Crippen LogP contribution in [0.25, 0.3) is 0 Å². The van der Waals surface area contributed by atoms with E-state index < -0.39 is 0 Å². The average molecular weight is 349 g/mol. The van der Waals surface area contributed by atoms with Crippen LogP contribution in [0.1, 0.15) is 31.7 Å². The van der Waals surface area contributed by atoms with E-state index in [4.69, 9.17) is 0 Å². The molecule has 0 radical (unpaired) electrons. The van der Waals surface area contributed by atoms with Crippen molar-refractivity contribution in [3.63, 3.8) is 0 Å². The van der Waals surface area contributed by atoms with Crippen LogP contribution in [0.15, 0.2) is 34.8 Å². The van der Waals surface area contributed by atoms with Gasteiger partial charge in [-0.05, 0) is 25.0 Å². The molecule has 21 heavy (non-hydrogen) atoms. The Morgan fingerprint density at radius 1 is 1.05 bits per heavy atom. The zero-order chi connectivity index (χ0) is 15.1. The Morgan fingerprint density at radius 2 is 1.76 bits per heavy atom. The van der Waals surface area contributed by atoms with Gasteiger partial charge in [0.15, 0.2) is 0 Å². The highest BCUT2D eigenvalue weighted by Gasteiger charge is 2.05. The third kappa shape index (κ3) is 4.70. The molecule has 0 aliphatic heterocycles. The standard InChI is InChI=1S/C16H21BrN4/c1-3-7-14-20-15(18-4-2)10-16(21-14)19-11-12-8-5-6-9-13(12)17/h5-6,8-10H,3-4,7,11H2,1-2H3,(H2,18,19,20,21). The summed E-state index contributed by atoms with van der Waals surface area (Å²) in [4.78, 5) is 9.09. The van der Waals surface area contributed by atoms with Gasteiger partial charge in [0, 0.05) is 30.0 Å². The van der Waals surface area contributed by atoms with E-state index in [2.05, 4.69) is 56.4 Å². The molecule has 0 bridgehead atoms. The second-order valence-corrected chi connectivity index (χ2v) is 5.63. The van der Waals surface area contributed by atoms with Crippen LogP contribution in [0.2, 0.25) is 0 Å². The Hall–Kier alpha value is -1.62. The highest BCUT2D eigenvalue weighted by molar-refractivity contribution is 9.10. The van der Waals surface area contributed by atoms with Crippen molar-refractivity contribution in [3.8, 4) is 0 Å². The fourth-order valence-corrected chi connectivity index (χ4v) is 2.45. The molecule has 0 atom stereocenters. The first-order chi connectivity index (χ1) is 10.2. The molecule has 0 saturated carbocycles. The molecule has 0 aliphatic rings. The summed E-state index contributed by atoms with van der Waals surface area (Å²) in [7, 11) is 0. The van der Waals surface area contributed by atoms with Crippen molar-refractivity contribution < 1.29 is 0 Å². The van der Waals surface area contributed by atoms with Crippen LogP contribution in [0.3, 0.4) is 0 Å². The van der Waals surface area contributed by atoms with Gasteiger partial charge in [-0.3, -0.25) is 0 Å². The Morgan fingerprint density at radius 3 is 2.43 bits per heavy atom. The lowest BCUT2D eigenvalue weighted by molar-refractivity contribution is 0.833. The smallest absolute Gasteiger partial charge is 0.133 e. The molecule has 1 aromatic carbocycles. The molecule has 0 aliphatic carbocycles. The zero-order valence-corrected chi connectivity index (χ0v) is 14.1. The lowest BCUT2D eigenvalue weighted by Gasteiger charge is -2.11. The van der Waals surface area contributed by atoms with Crippen molar-refractivity contribution in [1.29, 1.82) is 0 Å². The van der Waals surface area contributed by atoms with Crippen LogP contribution in [0, 0.1) is 0 Å². The van der Waals surface area contributed by atoms with Crippen LogP contribution >= 0.6 is 15.9 Å². The van der Waals surface area contributed by atoms with Gasteiger partial charge in [0.2, 0.25) is 0 Å². The Labute approximate surface area is 134 Å². The molecular formula is C16H21BrN4. The van der Waals surface area contributed by atoms with Crippen LogP contribution in [0.4, 0.5) is 11.6 Å². The minimum Gasteiger partial charge on any atom is -0.370 e. The van der Waals surface area contributed by atoms with Gasteiger partial charge in [-0.25, -0.2) is 9.97 Å². The Kier molecular flexibility index (Phi) is 5.99. The molecule has 4 nitrogen and oxygen atoms in total. The number of hydrogen-bond donors (Lipinski definition) is 2. The maximum atomic E-state index is 4.57. The van der Waals surface area contributed by atoms with Gasteiger partial charge >= 0.3 is 0 Å². The van der Waals surface area contributed by atoms with E-state index in [1.807, 2.05) is 24.3 Å². The SMILES string of the molecule is CCCc1nc(NCC)cc(NCc2ccccc2Br)n1. The van der Waals surface area contributed by atoms with Crippen LogP contribution in [-0.2, 0) is 13.0 Å². The number of nitrogens with zero attached hydrogens (tertiary/aromatic N) is 2. The summed E-state index contributed by atoms with van der Waals surface area (Å²) in [6, 6.07) is 10.1. The fraction of sp³-hybridized carbons (Fsp3) is 0.375. The monoisotopic (exact) mass is 348 g/mol. The highest BCUT2D eigenvalue weighted by atomic mass is 79.9.